The summed E-state index contributed by atoms with van der Waals surface area (Å²) in [6, 6.07) is 20.7. The van der Waals surface area contributed by atoms with Gasteiger partial charge in [-0.1, -0.05) is 74.0 Å². The SMILES string of the molecule is CCCCN(CCC(=O)NCCC(c1ccccc1)c1ccccc1)C(=O)c1cnc(C)cn1. The van der Waals surface area contributed by atoms with Gasteiger partial charge in [0.1, 0.15) is 5.69 Å². The van der Waals surface area contributed by atoms with Crippen LogP contribution in [-0.2, 0) is 4.79 Å². The maximum Gasteiger partial charge on any atom is 0.274 e. The number of hydrogen-bond donors (Lipinski definition) is 1. The molecular formula is C28H34N4O2. The molecule has 2 aromatic carbocycles. The largest absolute Gasteiger partial charge is 0.356 e. The average molecular weight is 459 g/mol. The Hall–Kier alpha value is -3.54. The summed E-state index contributed by atoms with van der Waals surface area (Å²) in [5.41, 5.74) is 3.55. The monoisotopic (exact) mass is 458 g/mol. The topological polar surface area (TPSA) is 75.2 Å². The molecular weight excluding hydrogens is 424 g/mol. The molecule has 3 aromatic rings. The zero-order chi connectivity index (χ0) is 24.2. The maximum absolute atomic E-state index is 12.9. The van der Waals surface area contributed by atoms with Crippen LogP contribution in [0.25, 0.3) is 0 Å². The number of amides is 2. The summed E-state index contributed by atoms with van der Waals surface area (Å²) in [7, 11) is 0. The van der Waals surface area contributed by atoms with Gasteiger partial charge in [0.05, 0.1) is 11.9 Å². The molecule has 2 amide bonds. The van der Waals surface area contributed by atoms with E-state index in [4.69, 9.17) is 0 Å². The normalized spacial score (nSPS) is 10.8. The molecule has 1 aromatic heterocycles. The number of hydrogen-bond acceptors (Lipinski definition) is 4. The molecule has 0 unspecified atom stereocenters. The summed E-state index contributed by atoms with van der Waals surface area (Å²) in [5, 5.41) is 3.05. The van der Waals surface area contributed by atoms with E-state index < -0.39 is 0 Å². The number of carbonyl (C=O) groups is 2. The fourth-order valence-corrected chi connectivity index (χ4v) is 3.91. The van der Waals surface area contributed by atoms with Crippen molar-refractivity contribution in [3.05, 3.63) is 95.6 Å². The predicted octanol–water partition coefficient (Wildman–Crippen LogP) is 4.76. The first-order valence-electron chi connectivity index (χ1n) is 12.0. The van der Waals surface area contributed by atoms with Crippen molar-refractivity contribution in [3.63, 3.8) is 0 Å². The second kappa shape index (κ2) is 13.2. The zero-order valence-corrected chi connectivity index (χ0v) is 20.1. The Bertz CT molecular complexity index is 984. The average Bonchev–Trinajstić information content (AvgIpc) is 2.88. The van der Waals surface area contributed by atoms with Crippen LogP contribution in [0.2, 0.25) is 0 Å². The highest BCUT2D eigenvalue weighted by Crippen LogP contribution is 2.27. The summed E-state index contributed by atoms with van der Waals surface area (Å²) in [6.07, 6.45) is 6.00. The van der Waals surface area contributed by atoms with E-state index in [2.05, 4.69) is 46.5 Å². The molecule has 0 radical (unpaired) electrons. The quantitative estimate of drug-likeness (QED) is 0.425. The van der Waals surface area contributed by atoms with Gasteiger partial charge in [-0.3, -0.25) is 14.6 Å². The van der Waals surface area contributed by atoms with Crippen LogP contribution < -0.4 is 5.32 Å². The van der Waals surface area contributed by atoms with Crippen molar-refractivity contribution >= 4 is 11.8 Å². The van der Waals surface area contributed by atoms with Crippen molar-refractivity contribution in [2.75, 3.05) is 19.6 Å². The van der Waals surface area contributed by atoms with Gasteiger partial charge in [-0.05, 0) is 30.9 Å². The lowest BCUT2D eigenvalue weighted by molar-refractivity contribution is -0.121. The van der Waals surface area contributed by atoms with Crippen LogP contribution in [0.4, 0.5) is 0 Å². The third kappa shape index (κ3) is 7.51. The lowest BCUT2D eigenvalue weighted by Gasteiger charge is -2.22. The van der Waals surface area contributed by atoms with E-state index in [9.17, 15) is 9.59 Å². The molecule has 6 heteroatoms. The van der Waals surface area contributed by atoms with Gasteiger partial charge in [-0.2, -0.15) is 0 Å². The molecule has 0 atom stereocenters. The van der Waals surface area contributed by atoms with Gasteiger partial charge in [0.25, 0.3) is 5.91 Å². The van der Waals surface area contributed by atoms with E-state index in [1.54, 1.807) is 11.1 Å². The molecule has 1 heterocycles. The maximum atomic E-state index is 12.9. The van der Waals surface area contributed by atoms with Crippen LogP contribution in [0.5, 0.6) is 0 Å². The van der Waals surface area contributed by atoms with Crippen molar-refractivity contribution in [1.82, 2.24) is 20.2 Å². The zero-order valence-electron chi connectivity index (χ0n) is 20.1. The van der Waals surface area contributed by atoms with Gasteiger partial charge in [0.2, 0.25) is 5.91 Å². The highest BCUT2D eigenvalue weighted by Gasteiger charge is 2.19. The lowest BCUT2D eigenvalue weighted by Crippen LogP contribution is -2.36. The molecule has 0 aliphatic heterocycles. The van der Waals surface area contributed by atoms with E-state index in [1.807, 2.05) is 43.3 Å². The molecule has 178 valence electrons. The van der Waals surface area contributed by atoms with Crippen LogP contribution in [0, 0.1) is 6.92 Å². The van der Waals surface area contributed by atoms with Gasteiger partial charge < -0.3 is 10.2 Å². The molecule has 1 N–H and O–H groups in total. The van der Waals surface area contributed by atoms with E-state index in [1.165, 1.54) is 17.3 Å². The smallest absolute Gasteiger partial charge is 0.274 e. The van der Waals surface area contributed by atoms with Crippen LogP contribution in [-0.4, -0.2) is 46.3 Å². The number of nitrogens with zero attached hydrogens (tertiary/aromatic N) is 3. The molecule has 0 aliphatic carbocycles. The van der Waals surface area contributed by atoms with Crippen molar-refractivity contribution in [2.45, 2.75) is 45.4 Å². The molecule has 6 nitrogen and oxygen atoms in total. The number of nitrogens with one attached hydrogen (secondary N) is 1. The molecule has 0 saturated heterocycles. The number of benzene rings is 2. The van der Waals surface area contributed by atoms with Gasteiger partial charge in [-0.25, -0.2) is 4.98 Å². The molecule has 3 rings (SSSR count). The van der Waals surface area contributed by atoms with Crippen LogP contribution >= 0.6 is 0 Å². The first kappa shape index (κ1) is 25.1. The van der Waals surface area contributed by atoms with E-state index >= 15 is 0 Å². The number of aromatic nitrogens is 2. The summed E-state index contributed by atoms with van der Waals surface area (Å²) in [6.45, 7) is 5.44. The Balaban J connectivity index is 1.54. The Morgan fingerprint density at radius 1 is 0.912 bits per heavy atom. The molecule has 0 fully saturated rings. The Labute approximate surface area is 202 Å². The van der Waals surface area contributed by atoms with Crippen LogP contribution in [0.15, 0.2) is 73.1 Å². The number of unbranched alkanes of at least 4 members (excludes halogenated alkanes) is 1. The lowest BCUT2D eigenvalue weighted by atomic mass is 9.88. The molecule has 0 bridgehead atoms. The Kier molecular flexibility index (Phi) is 9.77. The summed E-state index contributed by atoms with van der Waals surface area (Å²) < 4.78 is 0. The van der Waals surface area contributed by atoms with Crippen LogP contribution in [0.3, 0.4) is 0 Å². The first-order chi connectivity index (χ1) is 16.6. The van der Waals surface area contributed by atoms with E-state index in [0.717, 1.165) is 25.0 Å². The summed E-state index contributed by atoms with van der Waals surface area (Å²) in [4.78, 5) is 35.6. The fraction of sp³-hybridized carbons (Fsp3) is 0.357. The summed E-state index contributed by atoms with van der Waals surface area (Å²) in [5.74, 6) is -0.0171. The summed E-state index contributed by atoms with van der Waals surface area (Å²) >= 11 is 0. The highest BCUT2D eigenvalue weighted by atomic mass is 16.2. The Morgan fingerprint density at radius 2 is 1.56 bits per heavy atom. The second-order valence-corrected chi connectivity index (χ2v) is 8.45. The first-order valence-corrected chi connectivity index (χ1v) is 12.0. The Morgan fingerprint density at radius 3 is 2.12 bits per heavy atom. The van der Waals surface area contributed by atoms with Gasteiger partial charge in [0.15, 0.2) is 0 Å². The number of rotatable bonds is 12. The third-order valence-corrected chi connectivity index (χ3v) is 5.84. The third-order valence-electron chi connectivity index (χ3n) is 5.84. The second-order valence-electron chi connectivity index (χ2n) is 8.45. The molecule has 34 heavy (non-hydrogen) atoms. The van der Waals surface area contributed by atoms with Crippen LogP contribution in [0.1, 0.15) is 65.8 Å². The number of carbonyl (C=O) groups excluding carboxylic acids is 2. The van der Waals surface area contributed by atoms with Crippen molar-refractivity contribution < 1.29 is 9.59 Å². The van der Waals surface area contributed by atoms with E-state index in [0.29, 0.717) is 25.3 Å². The van der Waals surface area contributed by atoms with Crippen molar-refractivity contribution in [1.29, 1.82) is 0 Å². The predicted molar refractivity (Wildman–Crippen MR) is 135 cm³/mol. The number of aryl methyl sites for hydroxylation is 1. The van der Waals surface area contributed by atoms with Crippen molar-refractivity contribution in [2.24, 2.45) is 0 Å². The molecule has 0 aliphatic rings. The minimum Gasteiger partial charge on any atom is -0.356 e. The molecule has 0 spiro atoms. The van der Waals surface area contributed by atoms with E-state index in [-0.39, 0.29) is 24.2 Å². The van der Waals surface area contributed by atoms with Crippen molar-refractivity contribution in [3.8, 4) is 0 Å². The van der Waals surface area contributed by atoms with Gasteiger partial charge >= 0.3 is 0 Å². The van der Waals surface area contributed by atoms with Gasteiger partial charge in [-0.15, -0.1) is 0 Å². The minimum atomic E-state index is -0.179. The standard InChI is InChI=1S/C28H34N4O2/c1-3-4-18-32(28(34)26-21-30-22(2)20-31-26)19-16-27(33)29-17-15-25(23-11-7-5-8-12-23)24-13-9-6-10-14-24/h5-14,20-21,25H,3-4,15-19H2,1-2H3,(H,29,33). The minimum absolute atomic E-state index is 0.0517. The van der Waals surface area contributed by atoms with Gasteiger partial charge in [0, 0.05) is 38.2 Å². The molecule has 0 saturated carbocycles. The highest BCUT2D eigenvalue weighted by molar-refractivity contribution is 5.92. The fourth-order valence-electron chi connectivity index (χ4n) is 3.91.